The van der Waals surface area contributed by atoms with Crippen LogP contribution in [0.4, 0.5) is 5.82 Å². The second-order valence-electron chi connectivity index (χ2n) is 4.90. The fourth-order valence-electron chi connectivity index (χ4n) is 3.03. The number of nitrogens with one attached hydrogen (secondary N) is 1. The summed E-state index contributed by atoms with van der Waals surface area (Å²) >= 11 is 0. The van der Waals surface area contributed by atoms with Gasteiger partial charge in [0.1, 0.15) is 5.56 Å². The Hall–Kier alpha value is -1.52. The lowest BCUT2D eigenvalue weighted by molar-refractivity contribution is 0.0704. The number of piperidine rings is 1. The number of fused-ring (bicyclic) bond motifs is 2. The summed E-state index contributed by atoms with van der Waals surface area (Å²) in [5, 5.41) is 6.64. The number of aromatic amines is 1. The molecule has 2 bridgehead atoms. The number of aromatic nitrogens is 2. The maximum absolute atomic E-state index is 12.3. The van der Waals surface area contributed by atoms with E-state index in [0.717, 1.165) is 18.7 Å². The molecule has 2 heterocycles. The number of nitrogens with zero attached hydrogens (tertiary/aromatic N) is 2. The first kappa shape index (κ1) is 9.69. The van der Waals surface area contributed by atoms with Crippen LogP contribution in [0.2, 0.25) is 0 Å². The SMILES string of the molecule is Cc1[nH]nc(N)c1C(=O)N1CC2CCC1C2. The minimum atomic E-state index is 0.0518. The molecule has 3 rings (SSSR count). The standard InChI is InChI=1S/C11H16N4O/c1-6-9(10(12)14-13-6)11(16)15-5-7-2-3-8(15)4-7/h7-8H,2-5H2,1H3,(H3,12,13,14). The lowest BCUT2D eigenvalue weighted by atomic mass is 10.1. The highest BCUT2D eigenvalue weighted by Gasteiger charge is 2.41. The monoisotopic (exact) mass is 220 g/mol. The van der Waals surface area contributed by atoms with Crippen LogP contribution in [0.1, 0.15) is 35.3 Å². The summed E-state index contributed by atoms with van der Waals surface area (Å²) < 4.78 is 0. The normalized spacial score (nSPS) is 27.7. The molecule has 16 heavy (non-hydrogen) atoms. The van der Waals surface area contributed by atoms with Gasteiger partial charge in [0.15, 0.2) is 5.82 Å². The molecule has 1 saturated carbocycles. The third-order valence-corrected chi connectivity index (χ3v) is 3.86. The number of H-pyrrole nitrogens is 1. The first-order chi connectivity index (χ1) is 7.66. The summed E-state index contributed by atoms with van der Waals surface area (Å²) in [6.45, 7) is 2.73. The van der Waals surface area contributed by atoms with Crippen molar-refractivity contribution < 1.29 is 4.79 Å². The maximum Gasteiger partial charge on any atom is 0.259 e. The quantitative estimate of drug-likeness (QED) is 0.739. The molecule has 5 nitrogen and oxygen atoms in total. The third-order valence-electron chi connectivity index (χ3n) is 3.86. The molecular formula is C11H16N4O. The van der Waals surface area contributed by atoms with Crippen LogP contribution in [0.5, 0.6) is 0 Å². The van der Waals surface area contributed by atoms with Crippen molar-refractivity contribution in [1.82, 2.24) is 15.1 Å². The van der Waals surface area contributed by atoms with Crippen LogP contribution < -0.4 is 5.73 Å². The number of hydrogen-bond acceptors (Lipinski definition) is 3. The molecule has 1 saturated heterocycles. The average Bonchev–Trinajstić information content (AvgIpc) is 2.93. The minimum Gasteiger partial charge on any atom is -0.382 e. The van der Waals surface area contributed by atoms with Crippen molar-refractivity contribution >= 4 is 11.7 Å². The Balaban J connectivity index is 1.89. The number of nitrogen functional groups attached to an aromatic ring is 1. The molecule has 5 heteroatoms. The molecular weight excluding hydrogens is 204 g/mol. The third kappa shape index (κ3) is 1.24. The number of nitrogens with two attached hydrogens (primary N) is 1. The van der Waals surface area contributed by atoms with Crippen LogP contribution in [-0.4, -0.2) is 33.6 Å². The fraction of sp³-hybridized carbons (Fsp3) is 0.636. The molecule has 86 valence electrons. The summed E-state index contributed by atoms with van der Waals surface area (Å²) in [7, 11) is 0. The van der Waals surface area contributed by atoms with E-state index in [1.165, 1.54) is 12.8 Å². The molecule has 1 aromatic rings. The summed E-state index contributed by atoms with van der Waals surface area (Å²) in [5.41, 5.74) is 7.05. The molecule has 1 aliphatic carbocycles. The van der Waals surface area contributed by atoms with Gasteiger partial charge in [0, 0.05) is 18.3 Å². The van der Waals surface area contributed by atoms with Crippen molar-refractivity contribution in [2.75, 3.05) is 12.3 Å². The molecule has 0 spiro atoms. The van der Waals surface area contributed by atoms with Gasteiger partial charge in [-0.1, -0.05) is 0 Å². The van der Waals surface area contributed by atoms with Gasteiger partial charge in [0.2, 0.25) is 0 Å². The largest absolute Gasteiger partial charge is 0.382 e. The number of likely N-dealkylation sites (tertiary alicyclic amines) is 1. The van der Waals surface area contributed by atoms with Crippen LogP contribution in [0, 0.1) is 12.8 Å². The van der Waals surface area contributed by atoms with Crippen LogP contribution in [0.3, 0.4) is 0 Å². The van der Waals surface area contributed by atoms with E-state index in [0.29, 0.717) is 23.3 Å². The highest BCUT2D eigenvalue weighted by Crippen LogP contribution is 2.38. The van der Waals surface area contributed by atoms with Crippen LogP contribution in [0.15, 0.2) is 0 Å². The number of carbonyl (C=O) groups excluding carboxylic acids is 1. The van der Waals surface area contributed by atoms with E-state index < -0.39 is 0 Å². The first-order valence-electron chi connectivity index (χ1n) is 5.78. The fourth-order valence-corrected chi connectivity index (χ4v) is 3.03. The van der Waals surface area contributed by atoms with Crippen molar-refractivity contribution in [1.29, 1.82) is 0 Å². The highest BCUT2D eigenvalue weighted by atomic mass is 16.2. The number of hydrogen-bond donors (Lipinski definition) is 2. The Morgan fingerprint density at radius 3 is 2.88 bits per heavy atom. The summed E-state index contributed by atoms with van der Waals surface area (Å²) in [4.78, 5) is 14.3. The van der Waals surface area contributed by atoms with Gasteiger partial charge in [-0.15, -0.1) is 0 Å². The van der Waals surface area contributed by atoms with E-state index in [1.807, 2.05) is 11.8 Å². The van der Waals surface area contributed by atoms with Gasteiger partial charge in [-0.25, -0.2) is 0 Å². The van der Waals surface area contributed by atoms with Crippen molar-refractivity contribution in [2.24, 2.45) is 5.92 Å². The van der Waals surface area contributed by atoms with E-state index in [9.17, 15) is 4.79 Å². The van der Waals surface area contributed by atoms with Crippen molar-refractivity contribution in [3.8, 4) is 0 Å². The number of rotatable bonds is 1. The Morgan fingerprint density at radius 2 is 2.38 bits per heavy atom. The molecule has 0 radical (unpaired) electrons. The maximum atomic E-state index is 12.3. The van der Waals surface area contributed by atoms with Crippen molar-refractivity contribution in [3.05, 3.63) is 11.3 Å². The second kappa shape index (κ2) is 3.23. The van der Waals surface area contributed by atoms with Gasteiger partial charge in [-0.05, 0) is 32.1 Å². The van der Waals surface area contributed by atoms with Crippen molar-refractivity contribution in [2.45, 2.75) is 32.2 Å². The molecule has 2 aliphatic rings. The predicted molar refractivity (Wildman–Crippen MR) is 59.9 cm³/mol. The van der Waals surface area contributed by atoms with Gasteiger partial charge in [-0.3, -0.25) is 9.89 Å². The van der Waals surface area contributed by atoms with Crippen molar-refractivity contribution in [3.63, 3.8) is 0 Å². The Morgan fingerprint density at radius 1 is 1.56 bits per heavy atom. The van der Waals surface area contributed by atoms with E-state index >= 15 is 0 Å². The molecule has 1 aliphatic heterocycles. The lowest BCUT2D eigenvalue weighted by Gasteiger charge is -2.26. The van der Waals surface area contributed by atoms with E-state index in [1.54, 1.807) is 0 Å². The average molecular weight is 220 g/mol. The van der Waals surface area contributed by atoms with Crippen LogP contribution in [0.25, 0.3) is 0 Å². The number of anilines is 1. The molecule has 2 atom stereocenters. The summed E-state index contributed by atoms with van der Waals surface area (Å²) in [5.74, 6) is 1.09. The topological polar surface area (TPSA) is 75.0 Å². The highest BCUT2D eigenvalue weighted by molar-refractivity contribution is 5.99. The lowest BCUT2D eigenvalue weighted by Crippen LogP contribution is -2.38. The smallest absolute Gasteiger partial charge is 0.259 e. The Bertz CT molecular complexity index is 420. The summed E-state index contributed by atoms with van der Waals surface area (Å²) in [6.07, 6.45) is 3.59. The Kier molecular flexibility index (Phi) is 1.96. The van der Waals surface area contributed by atoms with E-state index in [2.05, 4.69) is 10.2 Å². The number of amides is 1. The van der Waals surface area contributed by atoms with E-state index in [4.69, 9.17) is 5.73 Å². The van der Waals surface area contributed by atoms with Crippen LogP contribution >= 0.6 is 0 Å². The van der Waals surface area contributed by atoms with Gasteiger partial charge >= 0.3 is 0 Å². The van der Waals surface area contributed by atoms with Gasteiger partial charge in [-0.2, -0.15) is 5.10 Å². The Labute approximate surface area is 94.0 Å². The molecule has 3 N–H and O–H groups in total. The molecule has 1 aromatic heterocycles. The molecule has 2 unspecified atom stereocenters. The second-order valence-corrected chi connectivity index (χ2v) is 4.90. The molecule has 0 aromatic carbocycles. The van der Waals surface area contributed by atoms with Crippen LogP contribution in [-0.2, 0) is 0 Å². The van der Waals surface area contributed by atoms with E-state index in [-0.39, 0.29) is 5.91 Å². The zero-order chi connectivity index (χ0) is 11.3. The zero-order valence-corrected chi connectivity index (χ0v) is 9.36. The molecule has 2 fully saturated rings. The number of aryl methyl sites for hydroxylation is 1. The minimum absolute atomic E-state index is 0.0518. The zero-order valence-electron chi connectivity index (χ0n) is 9.36. The molecule has 1 amide bonds. The number of carbonyl (C=O) groups is 1. The van der Waals surface area contributed by atoms with Gasteiger partial charge < -0.3 is 10.6 Å². The first-order valence-corrected chi connectivity index (χ1v) is 5.78. The summed E-state index contributed by atoms with van der Waals surface area (Å²) in [6, 6.07) is 0.436. The van der Waals surface area contributed by atoms with Gasteiger partial charge in [0.25, 0.3) is 5.91 Å². The predicted octanol–water partition coefficient (Wildman–Crippen LogP) is 0.925. The van der Waals surface area contributed by atoms with Gasteiger partial charge in [0.05, 0.1) is 0 Å².